The third-order valence-corrected chi connectivity index (χ3v) is 4.83. The minimum Gasteiger partial charge on any atom is -0.291 e. The molecule has 0 atom stereocenters. The van der Waals surface area contributed by atoms with Crippen molar-refractivity contribution >= 4 is 39.8 Å². The van der Waals surface area contributed by atoms with Gasteiger partial charge in [0, 0.05) is 23.7 Å². The fraction of sp³-hybridized carbons (Fsp3) is 0.100. The molecule has 27 heavy (non-hydrogen) atoms. The Hall–Kier alpha value is -3.25. The van der Waals surface area contributed by atoms with Crippen molar-refractivity contribution in [3.63, 3.8) is 0 Å². The van der Waals surface area contributed by atoms with E-state index in [0.29, 0.717) is 18.9 Å². The van der Waals surface area contributed by atoms with Crippen LogP contribution in [0.5, 0.6) is 0 Å². The molecule has 6 nitrogen and oxygen atoms in total. The van der Waals surface area contributed by atoms with Crippen LogP contribution in [-0.4, -0.2) is 34.7 Å². The fourth-order valence-corrected chi connectivity index (χ4v) is 3.42. The summed E-state index contributed by atoms with van der Waals surface area (Å²) in [6, 6.07) is 17.8. The van der Waals surface area contributed by atoms with Crippen LogP contribution in [0.2, 0.25) is 5.02 Å². The van der Waals surface area contributed by atoms with Gasteiger partial charge in [-0.3, -0.25) is 24.8 Å². The van der Waals surface area contributed by atoms with E-state index in [1.165, 1.54) is 18.2 Å². The Morgan fingerprint density at radius 3 is 2.70 bits per heavy atom. The molecule has 1 heterocycles. The molecule has 0 bridgehead atoms. The van der Waals surface area contributed by atoms with E-state index in [1.54, 1.807) is 4.90 Å². The average molecular weight is 380 g/mol. The lowest BCUT2D eigenvalue weighted by Crippen LogP contribution is -2.35. The zero-order valence-electron chi connectivity index (χ0n) is 14.1. The maximum Gasteiger partial charge on any atom is 0.288 e. The molecule has 1 aliphatic heterocycles. The van der Waals surface area contributed by atoms with E-state index >= 15 is 0 Å². The van der Waals surface area contributed by atoms with Gasteiger partial charge in [0.1, 0.15) is 10.9 Å². The van der Waals surface area contributed by atoms with Gasteiger partial charge in [0.2, 0.25) is 0 Å². The Balaban J connectivity index is 1.74. The Morgan fingerprint density at radius 1 is 1.11 bits per heavy atom. The number of hydrogen-bond acceptors (Lipinski definition) is 4. The van der Waals surface area contributed by atoms with Crippen LogP contribution < -0.4 is 0 Å². The molecule has 0 N–H and O–H groups in total. The van der Waals surface area contributed by atoms with Gasteiger partial charge >= 0.3 is 0 Å². The van der Waals surface area contributed by atoms with E-state index in [-0.39, 0.29) is 22.2 Å². The number of nitrogens with zero attached hydrogens (tertiary/aromatic N) is 3. The summed E-state index contributed by atoms with van der Waals surface area (Å²) in [5.41, 5.74) is 0.786. The van der Waals surface area contributed by atoms with E-state index < -0.39 is 4.92 Å². The van der Waals surface area contributed by atoms with Crippen LogP contribution in [-0.2, 0) is 0 Å². The molecule has 3 aromatic carbocycles. The first kappa shape index (κ1) is 17.2. The Morgan fingerprint density at radius 2 is 1.89 bits per heavy atom. The standard InChI is InChI=1S/C20H14ClN3O3/c21-17-9-8-14(12-18(17)24(26)27)20(25)23-11-10-22-19(23)16-7-3-5-13-4-1-2-6-15(13)16/h1-9,12H,10-11H2. The normalized spacial score (nSPS) is 13.7. The Labute approximate surface area is 159 Å². The lowest BCUT2D eigenvalue weighted by Gasteiger charge is -2.19. The van der Waals surface area contributed by atoms with Crippen molar-refractivity contribution in [2.24, 2.45) is 4.99 Å². The summed E-state index contributed by atoms with van der Waals surface area (Å²) in [6.45, 7) is 0.911. The SMILES string of the molecule is O=C(c1ccc(Cl)c([N+](=O)[O-])c1)N1CCN=C1c1cccc2ccccc12. The lowest BCUT2D eigenvalue weighted by molar-refractivity contribution is -0.384. The smallest absolute Gasteiger partial charge is 0.288 e. The topological polar surface area (TPSA) is 75.8 Å². The molecule has 134 valence electrons. The molecular weight excluding hydrogens is 366 g/mol. The van der Waals surface area contributed by atoms with Crippen LogP contribution in [0, 0.1) is 10.1 Å². The lowest BCUT2D eigenvalue weighted by atomic mass is 10.0. The zero-order valence-corrected chi connectivity index (χ0v) is 14.9. The molecule has 0 unspecified atom stereocenters. The molecule has 1 amide bonds. The first-order chi connectivity index (χ1) is 13.1. The number of carbonyl (C=O) groups excluding carboxylic acids is 1. The predicted octanol–water partition coefficient (Wildman–Crippen LogP) is 4.30. The Bertz CT molecular complexity index is 1110. The van der Waals surface area contributed by atoms with Crippen molar-refractivity contribution in [3.05, 3.63) is 86.9 Å². The highest BCUT2D eigenvalue weighted by atomic mass is 35.5. The highest BCUT2D eigenvalue weighted by Gasteiger charge is 2.28. The molecule has 0 saturated heterocycles. The molecule has 7 heteroatoms. The van der Waals surface area contributed by atoms with E-state index in [2.05, 4.69) is 4.99 Å². The summed E-state index contributed by atoms with van der Waals surface area (Å²) in [5, 5.41) is 13.2. The number of halogens is 1. The second kappa shape index (κ2) is 6.81. The van der Waals surface area contributed by atoms with Crippen LogP contribution in [0.3, 0.4) is 0 Å². The summed E-state index contributed by atoms with van der Waals surface area (Å²) in [5.74, 6) is 0.244. The minimum atomic E-state index is -0.594. The predicted molar refractivity (Wildman–Crippen MR) is 104 cm³/mol. The van der Waals surface area contributed by atoms with E-state index in [1.807, 2.05) is 42.5 Å². The summed E-state index contributed by atoms with van der Waals surface area (Å²) < 4.78 is 0. The molecule has 3 aromatic rings. The number of hydrogen-bond donors (Lipinski definition) is 0. The molecule has 0 fully saturated rings. The molecule has 0 aliphatic carbocycles. The van der Waals surface area contributed by atoms with Crippen molar-refractivity contribution in [2.75, 3.05) is 13.1 Å². The second-order valence-electron chi connectivity index (χ2n) is 6.11. The van der Waals surface area contributed by atoms with E-state index in [9.17, 15) is 14.9 Å². The highest BCUT2D eigenvalue weighted by Crippen LogP contribution is 2.27. The van der Waals surface area contributed by atoms with Crippen LogP contribution in [0.4, 0.5) is 5.69 Å². The van der Waals surface area contributed by atoms with E-state index in [0.717, 1.165) is 16.3 Å². The third kappa shape index (κ3) is 3.04. The summed E-state index contributed by atoms with van der Waals surface area (Å²) in [6.07, 6.45) is 0. The third-order valence-electron chi connectivity index (χ3n) is 4.51. The van der Waals surface area contributed by atoms with Gasteiger partial charge in [-0.05, 0) is 22.9 Å². The van der Waals surface area contributed by atoms with Crippen molar-refractivity contribution in [3.8, 4) is 0 Å². The first-order valence-corrected chi connectivity index (χ1v) is 8.72. The van der Waals surface area contributed by atoms with Crippen molar-refractivity contribution in [2.45, 2.75) is 0 Å². The van der Waals surface area contributed by atoms with Crippen molar-refractivity contribution in [1.82, 2.24) is 4.90 Å². The van der Waals surface area contributed by atoms with Gasteiger partial charge in [0.15, 0.2) is 0 Å². The monoisotopic (exact) mass is 379 g/mol. The van der Waals surface area contributed by atoms with Crippen molar-refractivity contribution in [1.29, 1.82) is 0 Å². The number of benzene rings is 3. The largest absolute Gasteiger partial charge is 0.291 e. The van der Waals surface area contributed by atoms with Crippen LogP contribution >= 0.6 is 11.6 Å². The first-order valence-electron chi connectivity index (χ1n) is 8.34. The number of amides is 1. The van der Waals surface area contributed by atoms with Crippen LogP contribution in [0.15, 0.2) is 65.7 Å². The van der Waals surface area contributed by atoms with Gasteiger partial charge in [0.05, 0.1) is 11.5 Å². The minimum absolute atomic E-state index is 0.000848. The molecule has 4 rings (SSSR count). The molecule has 0 spiro atoms. The van der Waals surface area contributed by atoms with Crippen LogP contribution in [0.1, 0.15) is 15.9 Å². The number of carbonyl (C=O) groups is 1. The number of rotatable bonds is 3. The molecule has 1 aliphatic rings. The van der Waals surface area contributed by atoms with Gasteiger partial charge < -0.3 is 0 Å². The summed E-state index contributed by atoms with van der Waals surface area (Å²) >= 11 is 5.86. The number of fused-ring (bicyclic) bond motifs is 1. The van der Waals surface area contributed by atoms with Gasteiger partial charge in [0.25, 0.3) is 11.6 Å². The van der Waals surface area contributed by atoms with Gasteiger partial charge in [-0.25, -0.2) is 0 Å². The number of nitro groups is 1. The fourth-order valence-electron chi connectivity index (χ4n) is 3.24. The average Bonchev–Trinajstić information content (AvgIpc) is 3.16. The molecule has 0 radical (unpaired) electrons. The number of amidine groups is 1. The Kier molecular flexibility index (Phi) is 4.33. The van der Waals surface area contributed by atoms with Crippen molar-refractivity contribution < 1.29 is 9.72 Å². The van der Waals surface area contributed by atoms with Gasteiger partial charge in [-0.1, -0.05) is 54.1 Å². The summed E-state index contributed by atoms with van der Waals surface area (Å²) in [7, 11) is 0. The molecular formula is C20H14ClN3O3. The quantitative estimate of drug-likeness (QED) is 0.502. The van der Waals surface area contributed by atoms with E-state index in [4.69, 9.17) is 11.6 Å². The van der Waals surface area contributed by atoms with Crippen LogP contribution in [0.25, 0.3) is 10.8 Å². The highest BCUT2D eigenvalue weighted by molar-refractivity contribution is 6.32. The van der Waals surface area contributed by atoms with Gasteiger partial charge in [-0.15, -0.1) is 0 Å². The number of aliphatic imine (C=N–C) groups is 1. The van der Waals surface area contributed by atoms with Gasteiger partial charge in [-0.2, -0.15) is 0 Å². The zero-order chi connectivity index (χ0) is 19.0. The number of nitro benzene ring substituents is 1. The maximum atomic E-state index is 13.0. The summed E-state index contributed by atoms with van der Waals surface area (Å²) in [4.78, 5) is 29.6. The molecule has 0 saturated carbocycles. The second-order valence-corrected chi connectivity index (χ2v) is 6.52. The molecule has 0 aromatic heterocycles. The maximum absolute atomic E-state index is 13.0.